The number of rotatable bonds is 8. The number of piperazine rings is 1. The lowest BCUT2D eigenvalue weighted by Crippen LogP contribution is -2.50. The molecule has 0 unspecified atom stereocenters. The van der Waals surface area contributed by atoms with Crippen LogP contribution in [0.5, 0.6) is 5.75 Å². The minimum absolute atomic E-state index is 0.146. The van der Waals surface area contributed by atoms with Gasteiger partial charge < -0.3 is 19.9 Å². The quantitative estimate of drug-likeness (QED) is 0.306. The highest BCUT2D eigenvalue weighted by atomic mass is 32.2. The first kappa shape index (κ1) is 26.4. The van der Waals surface area contributed by atoms with Gasteiger partial charge in [-0.15, -0.1) is 11.8 Å². The molecule has 1 aromatic heterocycles. The van der Waals surface area contributed by atoms with Crippen LogP contribution in [0.15, 0.2) is 101 Å². The largest absolute Gasteiger partial charge is 0.492 e. The Morgan fingerprint density at radius 3 is 2.31 bits per heavy atom. The van der Waals surface area contributed by atoms with Gasteiger partial charge in [-0.05, 0) is 36.8 Å². The fraction of sp³-hybridized carbons (Fsp3) is 0.233. The number of nitrogens with one attached hydrogen (secondary N) is 1. The minimum Gasteiger partial charge on any atom is -0.492 e. The second-order valence-corrected chi connectivity index (χ2v) is 10.0. The summed E-state index contributed by atoms with van der Waals surface area (Å²) in [7, 11) is 0. The summed E-state index contributed by atoms with van der Waals surface area (Å²) in [5, 5.41) is 7.50. The van der Waals surface area contributed by atoms with Crippen molar-refractivity contribution in [3.63, 3.8) is 0 Å². The molecule has 0 aliphatic carbocycles. The van der Waals surface area contributed by atoms with Crippen molar-refractivity contribution in [1.82, 2.24) is 14.7 Å². The maximum absolute atomic E-state index is 13.7. The number of para-hydroxylation sites is 3. The molecule has 0 bridgehead atoms. The van der Waals surface area contributed by atoms with E-state index in [1.165, 1.54) is 16.4 Å². The molecule has 5 rings (SSSR count). The van der Waals surface area contributed by atoms with Gasteiger partial charge in [0.05, 0.1) is 29.9 Å². The van der Waals surface area contributed by atoms with Gasteiger partial charge in [0, 0.05) is 31.9 Å². The van der Waals surface area contributed by atoms with Crippen molar-refractivity contribution in [1.29, 1.82) is 0 Å². The van der Waals surface area contributed by atoms with Crippen LogP contribution in [0.2, 0.25) is 0 Å². The number of amides is 2. The van der Waals surface area contributed by atoms with E-state index < -0.39 is 0 Å². The first-order valence-electron chi connectivity index (χ1n) is 13.0. The summed E-state index contributed by atoms with van der Waals surface area (Å²) in [4.78, 5) is 31.3. The van der Waals surface area contributed by atoms with Gasteiger partial charge in [-0.25, -0.2) is 4.79 Å². The number of ether oxygens (including phenoxy) is 1. The van der Waals surface area contributed by atoms with E-state index in [0.29, 0.717) is 54.9 Å². The van der Waals surface area contributed by atoms with Crippen molar-refractivity contribution in [2.75, 3.05) is 43.0 Å². The van der Waals surface area contributed by atoms with Gasteiger partial charge >= 0.3 is 6.03 Å². The summed E-state index contributed by atoms with van der Waals surface area (Å²) >= 11 is 1.52. The van der Waals surface area contributed by atoms with Crippen LogP contribution in [-0.2, 0) is 5.75 Å². The zero-order valence-corrected chi connectivity index (χ0v) is 22.6. The lowest BCUT2D eigenvalue weighted by Gasteiger charge is -2.36. The molecule has 3 aromatic carbocycles. The highest BCUT2D eigenvalue weighted by Crippen LogP contribution is 2.30. The summed E-state index contributed by atoms with van der Waals surface area (Å²) in [6, 6.07) is 26.8. The molecule has 9 heteroatoms. The molecule has 0 saturated carbocycles. The van der Waals surface area contributed by atoms with E-state index in [1.807, 2.05) is 79.7 Å². The molecule has 2 heterocycles. The summed E-state index contributed by atoms with van der Waals surface area (Å²) in [5.74, 6) is 1.32. The molecular formula is C30H31N5O3S. The Bertz CT molecular complexity index is 1450. The second kappa shape index (κ2) is 12.5. The number of anilines is 2. The van der Waals surface area contributed by atoms with Gasteiger partial charge in [0.1, 0.15) is 10.6 Å². The number of thioether (sulfide) groups is 1. The van der Waals surface area contributed by atoms with Crippen molar-refractivity contribution in [3.8, 4) is 11.4 Å². The maximum atomic E-state index is 13.7. The molecule has 4 aromatic rings. The summed E-state index contributed by atoms with van der Waals surface area (Å²) < 4.78 is 7.09. The number of hydrogen-bond acceptors (Lipinski definition) is 6. The monoisotopic (exact) mass is 541 g/mol. The molecule has 1 aliphatic heterocycles. The Morgan fingerprint density at radius 2 is 1.59 bits per heavy atom. The van der Waals surface area contributed by atoms with E-state index in [2.05, 4.69) is 27.4 Å². The number of carbonyl (C=O) groups is 1. The van der Waals surface area contributed by atoms with Gasteiger partial charge in [-0.3, -0.25) is 4.79 Å². The first-order valence-corrected chi connectivity index (χ1v) is 14.0. The molecule has 39 heavy (non-hydrogen) atoms. The topological polar surface area (TPSA) is 79.7 Å². The van der Waals surface area contributed by atoms with Crippen LogP contribution in [0.4, 0.5) is 16.2 Å². The van der Waals surface area contributed by atoms with Crippen LogP contribution < -0.4 is 20.5 Å². The molecule has 0 radical (unpaired) electrons. The molecule has 2 amide bonds. The van der Waals surface area contributed by atoms with E-state index in [-0.39, 0.29) is 11.6 Å². The Hall–Kier alpha value is -4.24. The number of benzene rings is 3. The van der Waals surface area contributed by atoms with Gasteiger partial charge in [-0.1, -0.05) is 60.7 Å². The van der Waals surface area contributed by atoms with Crippen LogP contribution in [-0.4, -0.2) is 53.5 Å². The first-order chi connectivity index (χ1) is 19.1. The van der Waals surface area contributed by atoms with Crippen LogP contribution in [0, 0.1) is 0 Å². The third kappa shape index (κ3) is 6.26. The third-order valence-corrected chi connectivity index (χ3v) is 7.63. The standard InChI is InChI=1S/C30H31N5O3S/c1-2-38-27-16-10-9-15-25(27)32-30(37)34-19-17-33(18-20-34)26-21-31-35(24-13-7-4-8-14-24)29(36)28(26)39-22-23-11-5-3-6-12-23/h3-16,21H,2,17-20,22H2,1H3,(H,32,37). The van der Waals surface area contributed by atoms with Crippen molar-refractivity contribution < 1.29 is 9.53 Å². The minimum atomic E-state index is -0.168. The smallest absolute Gasteiger partial charge is 0.322 e. The van der Waals surface area contributed by atoms with Crippen LogP contribution in [0.25, 0.3) is 5.69 Å². The Morgan fingerprint density at radius 1 is 0.923 bits per heavy atom. The van der Waals surface area contributed by atoms with Crippen LogP contribution >= 0.6 is 11.8 Å². The van der Waals surface area contributed by atoms with Crippen molar-refractivity contribution in [2.24, 2.45) is 0 Å². The number of hydrogen-bond donors (Lipinski definition) is 1. The normalized spacial score (nSPS) is 13.3. The van der Waals surface area contributed by atoms with Gasteiger partial charge in [0.2, 0.25) is 0 Å². The predicted octanol–water partition coefficient (Wildman–Crippen LogP) is 5.28. The Labute approximate surface area is 232 Å². The zero-order chi connectivity index (χ0) is 27.0. The Kier molecular flexibility index (Phi) is 8.48. The average Bonchev–Trinajstić information content (AvgIpc) is 2.98. The van der Waals surface area contributed by atoms with E-state index in [4.69, 9.17) is 4.74 Å². The summed E-state index contributed by atoms with van der Waals surface area (Å²) in [6.45, 7) is 4.66. The second-order valence-electron chi connectivity index (χ2n) is 9.02. The molecule has 0 atom stereocenters. The number of urea groups is 1. The SMILES string of the molecule is CCOc1ccccc1NC(=O)N1CCN(c2cnn(-c3ccccc3)c(=O)c2SCc2ccccc2)CC1. The van der Waals surface area contributed by atoms with E-state index in [0.717, 1.165) is 16.9 Å². The van der Waals surface area contributed by atoms with Crippen LogP contribution in [0.1, 0.15) is 12.5 Å². The summed E-state index contributed by atoms with van der Waals surface area (Å²) in [6.07, 6.45) is 1.77. The van der Waals surface area contributed by atoms with Gasteiger partial charge in [0.15, 0.2) is 0 Å². The fourth-order valence-electron chi connectivity index (χ4n) is 4.47. The van der Waals surface area contributed by atoms with Crippen molar-refractivity contribution >= 4 is 29.2 Å². The van der Waals surface area contributed by atoms with E-state index >= 15 is 0 Å². The number of nitrogens with zero attached hydrogens (tertiary/aromatic N) is 4. The molecule has 1 N–H and O–H groups in total. The lowest BCUT2D eigenvalue weighted by atomic mass is 10.2. The Balaban J connectivity index is 1.33. The highest BCUT2D eigenvalue weighted by molar-refractivity contribution is 7.98. The predicted molar refractivity (Wildman–Crippen MR) is 156 cm³/mol. The zero-order valence-electron chi connectivity index (χ0n) is 21.8. The van der Waals surface area contributed by atoms with Crippen molar-refractivity contribution in [3.05, 3.63) is 107 Å². The lowest BCUT2D eigenvalue weighted by molar-refractivity contribution is 0.208. The molecular weight excluding hydrogens is 510 g/mol. The number of aromatic nitrogens is 2. The van der Waals surface area contributed by atoms with E-state index in [1.54, 1.807) is 11.1 Å². The fourth-order valence-corrected chi connectivity index (χ4v) is 5.51. The summed E-state index contributed by atoms with van der Waals surface area (Å²) in [5.41, 5.74) is 3.18. The third-order valence-electron chi connectivity index (χ3n) is 6.48. The van der Waals surface area contributed by atoms with Crippen LogP contribution in [0.3, 0.4) is 0 Å². The van der Waals surface area contributed by atoms with Gasteiger partial charge in [-0.2, -0.15) is 9.78 Å². The number of carbonyl (C=O) groups excluding carboxylic acids is 1. The molecule has 200 valence electrons. The molecule has 1 saturated heterocycles. The average molecular weight is 542 g/mol. The maximum Gasteiger partial charge on any atom is 0.322 e. The van der Waals surface area contributed by atoms with Gasteiger partial charge in [0.25, 0.3) is 5.56 Å². The molecule has 1 fully saturated rings. The molecule has 1 aliphatic rings. The highest BCUT2D eigenvalue weighted by Gasteiger charge is 2.25. The van der Waals surface area contributed by atoms with Crippen molar-refractivity contribution in [2.45, 2.75) is 17.6 Å². The van der Waals surface area contributed by atoms with E-state index in [9.17, 15) is 9.59 Å². The molecule has 8 nitrogen and oxygen atoms in total. The molecule has 0 spiro atoms.